The Morgan fingerprint density at radius 2 is 1.64 bits per heavy atom. The maximum absolute atomic E-state index is 13.4. The summed E-state index contributed by atoms with van der Waals surface area (Å²) in [7, 11) is 1.60. The first-order valence-corrected chi connectivity index (χ1v) is 11.9. The molecule has 6 nitrogen and oxygen atoms in total. The van der Waals surface area contributed by atoms with Gasteiger partial charge in [0.05, 0.1) is 25.3 Å². The van der Waals surface area contributed by atoms with Crippen LogP contribution in [0.1, 0.15) is 50.4 Å². The molecule has 0 aliphatic carbocycles. The lowest BCUT2D eigenvalue weighted by Crippen LogP contribution is -2.29. The van der Waals surface area contributed by atoms with Crippen molar-refractivity contribution in [1.29, 1.82) is 0 Å². The molecular weight excluding hydrogens is 454 g/mol. The van der Waals surface area contributed by atoms with Crippen LogP contribution in [0.3, 0.4) is 0 Å². The number of hydrogen-bond donors (Lipinski definition) is 1. The van der Waals surface area contributed by atoms with Gasteiger partial charge in [0.1, 0.15) is 17.3 Å². The SMILES string of the molecule is CCOc1ccc(N2C(=O)C(=O)/C(=C(\O)c3ccc(OC)c(C(C)(C)C)c3)C2c2ccccc2)cc1. The van der Waals surface area contributed by atoms with Crippen molar-refractivity contribution in [2.75, 3.05) is 18.6 Å². The van der Waals surface area contributed by atoms with E-state index in [0.29, 0.717) is 29.4 Å². The van der Waals surface area contributed by atoms with Gasteiger partial charge in [-0.1, -0.05) is 51.1 Å². The Balaban J connectivity index is 1.90. The predicted molar refractivity (Wildman–Crippen MR) is 141 cm³/mol. The van der Waals surface area contributed by atoms with Crippen LogP contribution in [0.2, 0.25) is 0 Å². The number of hydrogen-bond acceptors (Lipinski definition) is 5. The molecule has 1 atom stereocenters. The minimum Gasteiger partial charge on any atom is -0.507 e. The Kier molecular flexibility index (Phi) is 6.88. The summed E-state index contributed by atoms with van der Waals surface area (Å²) in [6.45, 7) is 8.55. The highest BCUT2D eigenvalue weighted by Crippen LogP contribution is 2.43. The number of nitrogens with zero attached hydrogens (tertiary/aromatic N) is 1. The molecule has 3 aromatic carbocycles. The van der Waals surface area contributed by atoms with E-state index in [4.69, 9.17) is 9.47 Å². The summed E-state index contributed by atoms with van der Waals surface area (Å²) in [6, 6.07) is 20.8. The van der Waals surface area contributed by atoms with Crippen molar-refractivity contribution >= 4 is 23.1 Å². The van der Waals surface area contributed by atoms with Crippen LogP contribution in [0.4, 0.5) is 5.69 Å². The van der Waals surface area contributed by atoms with Crippen molar-refractivity contribution < 1.29 is 24.2 Å². The molecule has 1 N–H and O–H groups in total. The van der Waals surface area contributed by atoms with Gasteiger partial charge in [0, 0.05) is 16.8 Å². The first-order valence-electron chi connectivity index (χ1n) is 11.9. The fourth-order valence-electron chi connectivity index (χ4n) is 4.52. The Hall–Kier alpha value is -4.06. The number of ether oxygens (including phenoxy) is 2. The van der Waals surface area contributed by atoms with E-state index >= 15 is 0 Å². The van der Waals surface area contributed by atoms with Crippen molar-refractivity contribution in [2.45, 2.75) is 39.2 Å². The molecule has 1 aliphatic heterocycles. The van der Waals surface area contributed by atoms with E-state index in [9.17, 15) is 14.7 Å². The highest BCUT2D eigenvalue weighted by molar-refractivity contribution is 6.51. The molecule has 1 saturated heterocycles. The largest absolute Gasteiger partial charge is 0.507 e. The minimum atomic E-state index is -0.788. The van der Waals surface area contributed by atoms with Gasteiger partial charge in [-0.05, 0) is 60.4 Å². The first-order chi connectivity index (χ1) is 17.2. The number of benzene rings is 3. The van der Waals surface area contributed by atoms with Crippen LogP contribution in [0, 0.1) is 0 Å². The van der Waals surface area contributed by atoms with Crippen LogP contribution in [0.5, 0.6) is 11.5 Å². The van der Waals surface area contributed by atoms with E-state index in [1.807, 2.05) is 64.1 Å². The predicted octanol–water partition coefficient (Wildman–Crippen LogP) is 6.02. The van der Waals surface area contributed by atoms with Gasteiger partial charge >= 0.3 is 0 Å². The van der Waals surface area contributed by atoms with Gasteiger partial charge in [-0.3, -0.25) is 14.5 Å². The normalized spacial score (nSPS) is 17.4. The molecule has 1 unspecified atom stereocenters. The number of aliphatic hydroxyl groups is 1. The van der Waals surface area contributed by atoms with E-state index in [1.165, 1.54) is 4.90 Å². The highest BCUT2D eigenvalue weighted by atomic mass is 16.5. The molecular formula is C30H31NO5. The number of carbonyl (C=O) groups excluding carboxylic acids is 2. The fourth-order valence-corrected chi connectivity index (χ4v) is 4.52. The summed E-state index contributed by atoms with van der Waals surface area (Å²) in [4.78, 5) is 28.2. The second-order valence-electron chi connectivity index (χ2n) is 9.67. The van der Waals surface area contributed by atoms with Gasteiger partial charge in [-0.25, -0.2) is 0 Å². The molecule has 4 rings (SSSR count). The minimum absolute atomic E-state index is 0.0464. The van der Waals surface area contributed by atoms with E-state index < -0.39 is 17.7 Å². The summed E-state index contributed by atoms with van der Waals surface area (Å²) >= 11 is 0. The van der Waals surface area contributed by atoms with E-state index in [1.54, 1.807) is 43.5 Å². The number of amides is 1. The molecule has 3 aromatic rings. The summed E-state index contributed by atoms with van der Waals surface area (Å²) in [5.41, 5.74) is 2.37. The molecule has 1 aliphatic rings. The quantitative estimate of drug-likeness (QED) is 0.263. The molecule has 0 bridgehead atoms. The molecule has 1 heterocycles. The summed E-state index contributed by atoms with van der Waals surface area (Å²) in [5, 5.41) is 11.5. The standard InChI is InChI=1S/C30H31NO5/c1-6-36-22-15-13-21(14-16-22)31-26(19-10-8-7-9-11-19)25(28(33)29(31)34)27(32)20-12-17-24(35-5)23(18-20)30(2,3)4/h7-18,26,32H,6H2,1-5H3/b27-25-. The lowest BCUT2D eigenvalue weighted by molar-refractivity contribution is -0.132. The molecule has 1 amide bonds. The molecule has 36 heavy (non-hydrogen) atoms. The number of methoxy groups -OCH3 is 1. The van der Waals surface area contributed by atoms with Crippen molar-refractivity contribution in [3.05, 3.63) is 95.1 Å². The van der Waals surface area contributed by atoms with Crippen molar-refractivity contribution in [3.63, 3.8) is 0 Å². The fraction of sp³-hybridized carbons (Fsp3) is 0.267. The third-order valence-electron chi connectivity index (χ3n) is 6.27. The molecule has 1 fully saturated rings. The molecule has 6 heteroatoms. The van der Waals surface area contributed by atoms with Crippen LogP contribution < -0.4 is 14.4 Å². The van der Waals surface area contributed by atoms with Crippen LogP contribution in [0.15, 0.2) is 78.4 Å². The summed E-state index contributed by atoms with van der Waals surface area (Å²) in [5.74, 6) is -0.290. The number of rotatable bonds is 6. The number of ketones is 1. The highest BCUT2D eigenvalue weighted by Gasteiger charge is 2.47. The zero-order valence-corrected chi connectivity index (χ0v) is 21.2. The van der Waals surface area contributed by atoms with E-state index in [2.05, 4.69) is 0 Å². The lowest BCUT2D eigenvalue weighted by Gasteiger charge is -2.26. The Morgan fingerprint density at radius 3 is 2.22 bits per heavy atom. The Labute approximate surface area is 211 Å². The average Bonchev–Trinajstić information content (AvgIpc) is 3.14. The Bertz CT molecular complexity index is 1300. The summed E-state index contributed by atoms with van der Waals surface area (Å²) < 4.78 is 11.1. The third-order valence-corrected chi connectivity index (χ3v) is 6.27. The maximum atomic E-state index is 13.4. The molecule has 0 radical (unpaired) electrons. The topological polar surface area (TPSA) is 76.1 Å². The molecule has 0 saturated carbocycles. The second kappa shape index (κ2) is 9.90. The average molecular weight is 486 g/mol. The first kappa shape index (κ1) is 25.0. The van der Waals surface area contributed by atoms with Crippen LogP contribution >= 0.6 is 0 Å². The van der Waals surface area contributed by atoms with Gasteiger partial charge in [-0.15, -0.1) is 0 Å². The number of carbonyl (C=O) groups is 2. The smallest absolute Gasteiger partial charge is 0.300 e. The van der Waals surface area contributed by atoms with Gasteiger partial charge in [0.25, 0.3) is 11.7 Å². The number of aliphatic hydroxyl groups excluding tert-OH is 1. The van der Waals surface area contributed by atoms with Crippen LogP contribution in [-0.2, 0) is 15.0 Å². The number of Topliss-reactive ketones (excluding diaryl/α,β-unsaturated/α-hetero) is 1. The third kappa shape index (κ3) is 4.59. The van der Waals surface area contributed by atoms with E-state index in [-0.39, 0.29) is 16.7 Å². The van der Waals surface area contributed by atoms with Crippen molar-refractivity contribution in [2.24, 2.45) is 0 Å². The Morgan fingerprint density at radius 1 is 0.972 bits per heavy atom. The zero-order chi connectivity index (χ0) is 26.0. The van der Waals surface area contributed by atoms with Gasteiger partial charge in [0.15, 0.2) is 0 Å². The zero-order valence-electron chi connectivity index (χ0n) is 21.2. The van der Waals surface area contributed by atoms with Crippen molar-refractivity contribution in [1.82, 2.24) is 0 Å². The summed E-state index contributed by atoms with van der Waals surface area (Å²) in [6.07, 6.45) is 0. The number of anilines is 1. The molecule has 186 valence electrons. The van der Waals surface area contributed by atoms with Crippen LogP contribution in [-0.4, -0.2) is 30.5 Å². The van der Waals surface area contributed by atoms with Gasteiger partial charge in [-0.2, -0.15) is 0 Å². The second-order valence-corrected chi connectivity index (χ2v) is 9.67. The maximum Gasteiger partial charge on any atom is 0.300 e. The molecule has 0 spiro atoms. The van der Waals surface area contributed by atoms with E-state index in [0.717, 1.165) is 11.1 Å². The van der Waals surface area contributed by atoms with Crippen molar-refractivity contribution in [3.8, 4) is 11.5 Å². The van der Waals surface area contributed by atoms with Gasteiger partial charge in [0.2, 0.25) is 0 Å². The lowest BCUT2D eigenvalue weighted by atomic mass is 9.84. The monoisotopic (exact) mass is 485 g/mol. The molecule has 0 aromatic heterocycles. The van der Waals surface area contributed by atoms with Crippen LogP contribution in [0.25, 0.3) is 5.76 Å². The van der Waals surface area contributed by atoms with Gasteiger partial charge < -0.3 is 14.6 Å².